The summed E-state index contributed by atoms with van der Waals surface area (Å²) >= 11 is 0. The molecular weight excluding hydrogens is 252 g/mol. The van der Waals surface area contributed by atoms with Gasteiger partial charge in [0, 0.05) is 5.69 Å². The first-order chi connectivity index (χ1) is 9.70. The highest BCUT2D eigenvalue weighted by atomic mass is 16.6. The number of amides is 1. The van der Waals surface area contributed by atoms with Gasteiger partial charge in [0.15, 0.2) is 0 Å². The zero-order valence-corrected chi connectivity index (χ0v) is 12.2. The van der Waals surface area contributed by atoms with Gasteiger partial charge in [-0.3, -0.25) is 0 Å². The van der Waals surface area contributed by atoms with Crippen molar-refractivity contribution in [3.8, 4) is 0 Å². The number of hydrogen-bond acceptors (Lipinski definition) is 3. The van der Waals surface area contributed by atoms with E-state index in [1.54, 1.807) is 4.90 Å². The van der Waals surface area contributed by atoms with Crippen LogP contribution in [0.15, 0.2) is 24.3 Å². The Balaban J connectivity index is 1.82. The molecule has 110 valence electrons. The second kappa shape index (κ2) is 7.17. The van der Waals surface area contributed by atoms with Crippen LogP contribution in [0.2, 0.25) is 0 Å². The van der Waals surface area contributed by atoms with Crippen molar-refractivity contribution in [2.24, 2.45) is 0 Å². The molecule has 4 heteroatoms. The summed E-state index contributed by atoms with van der Waals surface area (Å²) in [4.78, 5) is 13.6. The molecule has 1 aromatic carbocycles. The number of ether oxygens (including phenoxy) is 1. The molecule has 4 nitrogen and oxygen atoms in total. The number of rotatable bonds is 7. The van der Waals surface area contributed by atoms with Crippen LogP contribution in [-0.2, 0) is 11.3 Å². The fourth-order valence-corrected chi connectivity index (χ4v) is 2.54. The molecule has 2 N–H and O–H groups in total. The minimum Gasteiger partial charge on any atom is -0.444 e. The van der Waals surface area contributed by atoms with Gasteiger partial charge >= 0.3 is 6.09 Å². The normalized spacial score (nSPS) is 18.4. The van der Waals surface area contributed by atoms with Gasteiger partial charge in [0.2, 0.25) is 0 Å². The molecule has 0 aliphatic carbocycles. The third-order valence-electron chi connectivity index (χ3n) is 3.75. The maximum atomic E-state index is 11.9. The zero-order chi connectivity index (χ0) is 14.4. The van der Waals surface area contributed by atoms with Gasteiger partial charge in [0.25, 0.3) is 0 Å². The van der Waals surface area contributed by atoms with Crippen LogP contribution in [0, 0.1) is 0 Å². The number of nitrogens with zero attached hydrogens (tertiary/aromatic N) is 1. The molecule has 2 rings (SSSR count). The van der Waals surface area contributed by atoms with Gasteiger partial charge in [-0.15, -0.1) is 0 Å². The number of nitrogen functional groups attached to an aromatic ring is 1. The monoisotopic (exact) mass is 276 g/mol. The molecular formula is C16H24N2O2. The number of carbonyl (C=O) groups is 1. The van der Waals surface area contributed by atoms with E-state index in [4.69, 9.17) is 10.5 Å². The molecule has 0 aromatic heterocycles. The number of anilines is 1. The molecule has 1 aliphatic rings. The van der Waals surface area contributed by atoms with Crippen LogP contribution < -0.4 is 5.73 Å². The molecule has 1 aromatic rings. The van der Waals surface area contributed by atoms with Crippen molar-refractivity contribution >= 4 is 11.8 Å². The van der Waals surface area contributed by atoms with Crippen molar-refractivity contribution in [2.45, 2.75) is 51.7 Å². The second-order valence-corrected chi connectivity index (χ2v) is 5.43. The zero-order valence-electron chi connectivity index (χ0n) is 12.2. The maximum absolute atomic E-state index is 11.9. The van der Waals surface area contributed by atoms with Crippen LogP contribution in [0.1, 0.15) is 44.6 Å². The molecule has 1 unspecified atom stereocenters. The van der Waals surface area contributed by atoms with Gasteiger partial charge in [0.05, 0.1) is 13.1 Å². The van der Waals surface area contributed by atoms with Crippen molar-refractivity contribution in [3.05, 3.63) is 29.8 Å². The summed E-state index contributed by atoms with van der Waals surface area (Å²) in [6.45, 7) is 3.41. The van der Waals surface area contributed by atoms with Crippen molar-refractivity contribution in [1.82, 2.24) is 4.90 Å². The summed E-state index contributed by atoms with van der Waals surface area (Å²) < 4.78 is 5.41. The van der Waals surface area contributed by atoms with E-state index < -0.39 is 0 Å². The van der Waals surface area contributed by atoms with E-state index >= 15 is 0 Å². The highest BCUT2D eigenvalue weighted by Gasteiger charge is 2.30. The molecule has 20 heavy (non-hydrogen) atoms. The van der Waals surface area contributed by atoms with E-state index in [2.05, 4.69) is 6.92 Å². The van der Waals surface area contributed by atoms with Crippen LogP contribution >= 0.6 is 0 Å². The Morgan fingerprint density at radius 1 is 1.30 bits per heavy atom. The summed E-state index contributed by atoms with van der Waals surface area (Å²) in [5, 5.41) is 0. The molecule has 1 fully saturated rings. The lowest BCUT2D eigenvalue weighted by Gasteiger charge is -2.14. The minimum absolute atomic E-state index is 0.0456. The summed E-state index contributed by atoms with van der Waals surface area (Å²) in [7, 11) is 0. The van der Waals surface area contributed by atoms with Gasteiger partial charge in [-0.25, -0.2) is 4.79 Å². The van der Waals surface area contributed by atoms with Gasteiger partial charge in [0.1, 0.15) is 6.10 Å². The number of nitrogens with two attached hydrogens (primary N) is 1. The number of para-hydroxylation sites is 1. The summed E-state index contributed by atoms with van der Waals surface area (Å²) in [6, 6.07) is 7.66. The van der Waals surface area contributed by atoms with Crippen molar-refractivity contribution in [2.75, 3.05) is 12.3 Å². The lowest BCUT2D eigenvalue weighted by Crippen LogP contribution is -2.25. The minimum atomic E-state index is -0.214. The van der Waals surface area contributed by atoms with Crippen molar-refractivity contribution < 1.29 is 9.53 Å². The van der Waals surface area contributed by atoms with Gasteiger partial charge in [-0.1, -0.05) is 44.4 Å². The van der Waals surface area contributed by atoms with E-state index in [1.807, 2.05) is 24.3 Å². The highest BCUT2D eigenvalue weighted by molar-refractivity contribution is 5.70. The molecule has 0 radical (unpaired) electrons. The Kier molecular flexibility index (Phi) is 5.27. The van der Waals surface area contributed by atoms with Crippen LogP contribution in [0.25, 0.3) is 0 Å². The van der Waals surface area contributed by atoms with Crippen LogP contribution in [0.3, 0.4) is 0 Å². The smallest absolute Gasteiger partial charge is 0.410 e. The highest BCUT2D eigenvalue weighted by Crippen LogP contribution is 2.21. The Labute approximate surface area is 120 Å². The largest absolute Gasteiger partial charge is 0.444 e. The first kappa shape index (κ1) is 14.7. The third kappa shape index (κ3) is 3.89. The topological polar surface area (TPSA) is 55.6 Å². The molecule has 1 heterocycles. The number of hydrogen-bond donors (Lipinski definition) is 1. The number of cyclic esters (lactones) is 1. The van der Waals surface area contributed by atoms with Crippen LogP contribution in [0.5, 0.6) is 0 Å². The maximum Gasteiger partial charge on any atom is 0.410 e. The van der Waals surface area contributed by atoms with Crippen LogP contribution in [0.4, 0.5) is 10.5 Å². The average Bonchev–Trinajstić information content (AvgIpc) is 2.78. The molecule has 1 amide bonds. The Morgan fingerprint density at radius 2 is 2.10 bits per heavy atom. The molecule has 0 spiro atoms. The van der Waals surface area contributed by atoms with Crippen molar-refractivity contribution in [1.29, 1.82) is 0 Å². The lowest BCUT2D eigenvalue weighted by atomic mass is 10.1. The van der Waals surface area contributed by atoms with E-state index in [0.717, 1.165) is 24.1 Å². The fraction of sp³-hybridized carbons (Fsp3) is 0.562. The Morgan fingerprint density at radius 3 is 2.85 bits per heavy atom. The van der Waals surface area contributed by atoms with Gasteiger partial charge in [-0.05, 0) is 24.5 Å². The number of unbranched alkanes of at least 4 members (excludes halogenated alkanes) is 3. The van der Waals surface area contributed by atoms with E-state index in [0.29, 0.717) is 13.1 Å². The van der Waals surface area contributed by atoms with Gasteiger partial charge in [-0.2, -0.15) is 0 Å². The van der Waals surface area contributed by atoms with Crippen LogP contribution in [-0.4, -0.2) is 23.6 Å². The molecule has 0 bridgehead atoms. The summed E-state index contributed by atoms with van der Waals surface area (Å²) in [5.74, 6) is 0. The second-order valence-electron chi connectivity index (χ2n) is 5.43. The third-order valence-corrected chi connectivity index (χ3v) is 3.75. The number of benzene rings is 1. The van der Waals surface area contributed by atoms with E-state index in [-0.39, 0.29) is 12.2 Å². The van der Waals surface area contributed by atoms with Gasteiger partial charge < -0.3 is 15.4 Å². The molecule has 1 aliphatic heterocycles. The molecule has 1 atom stereocenters. The first-order valence-electron chi connectivity index (χ1n) is 7.49. The summed E-state index contributed by atoms with van der Waals surface area (Å²) in [6.07, 6.45) is 5.63. The first-order valence-corrected chi connectivity index (χ1v) is 7.49. The predicted molar refractivity (Wildman–Crippen MR) is 80.3 cm³/mol. The summed E-state index contributed by atoms with van der Waals surface area (Å²) in [5.41, 5.74) is 7.62. The quantitative estimate of drug-likeness (QED) is 0.612. The van der Waals surface area contributed by atoms with Crippen molar-refractivity contribution in [3.63, 3.8) is 0 Å². The number of carbonyl (C=O) groups excluding carboxylic acids is 1. The average molecular weight is 276 g/mol. The lowest BCUT2D eigenvalue weighted by molar-refractivity contribution is 0.127. The molecule has 1 saturated heterocycles. The SMILES string of the molecule is CCCCCCC1CN(Cc2ccccc2N)C(=O)O1. The Bertz CT molecular complexity index is 448. The van der Waals surface area contributed by atoms with E-state index in [1.165, 1.54) is 19.3 Å². The standard InChI is InChI=1S/C16H24N2O2/c1-2-3-4-5-9-14-12-18(16(19)20-14)11-13-8-6-7-10-15(13)17/h6-8,10,14H,2-5,9,11-12,17H2,1H3. The molecule has 0 saturated carbocycles. The van der Waals surface area contributed by atoms with E-state index in [9.17, 15) is 4.79 Å². The fourth-order valence-electron chi connectivity index (χ4n) is 2.54. The predicted octanol–water partition coefficient (Wildman–Crippen LogP) is 3.56. The Hall–Kier alpha value is -1.71.